The summed E-state index contributed by atoms with van der Waals surface area (Å²) in [6.07, 6.45) is -0.109. The van der Waals surface area contributed by atoms with Crippen LogP contribution in [0.1, 0.15) is 27.2 Å². The monoisotopic (exact) mass is 417 g/mol. The molecule has 5 nitrogen and oxygen atoms in total. The number of rotatable bonds is 3. The van der Waals surface area contributed by atoms with Crippen LogP contribution in [0.5, 0.6) is 0 Å². The zero-order valence-electron chi connectivity index (χ0n) is 12.3. The third-order valence-electron chi connectivity index (χ3n) is 3.52. The van der Waals surface area contributed by atoms with E-state index in [4.69, 9.17) is 10.5 Å². The number of aromatic nitrogens is 1. The molecule has 1 saturated heterocycles. The number of nitrogens with two attached hydrogens (primary N) is 1. The van der Waals surface area contributed by atoms with Gasteiger partial charge in [-0.05, 0) is 17.7 Å². The standard InChI is InChI=1S/C15H16BrN3O2S.ClH/c16-11-3-1-2-10(6-11)13-8-19(4-5-21-13)15(20)12-9-22-14(7-17)18-12;/h1-3,6,9,13H,4-5,7-8,17H2;1H. The molecule has 0 radical (unpaired) electrons. The van der Waals surface area contributed by atoms with E-state index in [1.165, 1.54) is 11.3 Å². The topological polar surface area (TPSA) is 68.5 Å². The van der Waals surface area contributed by atoms with E-state index in [2.05, 4.69) is 20.9 Å². The first-order chi connectivity index (χ1) is 10.7. The summed E-state index contributed by atoms with van der Waals surface area (Å²) < 4.78 is 6.81. The summed E-state index contributed by atoms with van der Waals surface area (Å²) in [7, 11) is 0. The van der Waals surface area contributed by atoms with E-state index in [1.54, 1.807) is 10.3 Å². The molecule has 1 fully saturated rings. The molecule has 1 unspecified atom stereocenters. The zero-order chi connectivity index (χ0) is 15.5. The first-order valence-corrected chi connectivity index (χ1v) is 8.65. The van der Waals surface area contributed by atoms with Gasteiger partial charge in [-0.1, -0.05) is 28.1 Å². The van der Waals surface area contributed by atoms with Crippen LogP contribution in [-0.2, 0) is 11.3 Å². The maximum Gasteiger partial charge on any atom is 0.273 e. The van der Waals surface area contributed by atoms with Crippen LogP contribution in [0, 0.1) is 0 Å². The fraction of sp³-hybridized carbons (Fsp3) is 0.333. The van der Waals surface area contributed by atoms with E-state index in [0.717, 1.165) is 15.0 Å². The molecule has 0 aliphatic carbocycles. The Morgan fingerprint density at radius 1 is 1.52 bits per heavy atom. The van der Waals surface area contributed by atoms with Crippen molar-refractivity contribution < 1.29 is 9.53 Å². The predicted octanol–water partition coefficient (Wildman–Crippen LogP) is 3.00. The van der Waals surface area contributed by atoms with Gasteiger partial charge >= 0.3 is 0 Å². The number of carbonyl (C=O) groups excluding carboxylic acids is 1. The van der Waals surface area contributed by atoms with Crippen molar-refractivity contribution in [2.24, 2.45) is 5.73 Å². The fourth-order valence-corrected chi connectivity index (χ4v) is 3.47. The second-order valence-corrected chi connectivity index (χ2v) is 6.85. The first-order valence-electron chi connectivity index (χ1n) is 6.98. The van der Waals surface area contributed by atoms with Crippen LogP contribution in [-0.4, -0.2) is 35.5 Å². The highest BCUT2D eigenvalue weighted by molar-refractivity contribution is 9.10. The van der Waals surface area contributed by atoms with Crippen LogP contribution < -0.4 is 5.73 Å². The van der Waals surface area contributed by atoms with Crippen molar-refractivity contribution in [3.05, 3.63) is 50.4 Å². The van der Waals surface area contributed by atoms with Crippen molar-refractivity contribution in [3.63, 3.8) is 0 Å². The van der Waals surface area contributed by atoms with E-state index in [-0.39, 0.29) is 24.4 Å². The van der Waals surface area contributed by atoms with E-state index in [9.17, 15) is 4.79 Å². The zero-order valence-corrected chi connectivity index (χ0v) is 15.5. The predicted molar refractivity (Wildman–Crippen MR) is 96.0 cm³/mol. The van der Waals surface area contributed by atoms with Gasteiger partial charge in [0.25, 0.3) is 5.91 Å². The number of morpholine rings is 1. The number of hydrogen-bond donors (Lipinski definition) is 1. The van der Waals surface area contributed by atoms with Crippen LogP contribution in [0.15, 0.2) is 34.1 Å². The van der Waals surface area contributed by atoms with E-state index >= 15 is 0 Å². The van der Waals surface area contributed by atoms with Crippen molar-refractivity contribution in [2.45, 2.75) is 12.6 Å². The van der Waals surface area contributed by atoms with Gasteiger partial charge in [0.2, 0.25) is 0 Å². The highest BCUT2D eigenvalue weighted by atomic mass is 79.9. The van der Waals surface area contributed by atoms with Gasteiger partial charge < -0.3 is 15.4 Å². The molecule has 1 aliphatic heterocycles. The Kier molecular flexibility index (Phi) is 6.55. The molecule has 2 heterocycles. The summed E-state index contributed by atoms with van der Waals surface area (Å²) in [5.41, 5.74) is 7.09. The number of benzene rings is 1. The SMILES string of the molecule is Cl.NCc1nc(C(=O)N2CCOC(c3cccc(Br)c3)C2)cs1. The number of nitrogens with zero attached hydrogens (tertiary/aromatic N) is 2. The van der Waals surface area contributed by atoms with Gasteiger partial charge in [-0.15, -0.1) is 23.7 Å². The molecule has 8 heteroatoms. The molecule has 2 N–H and O–H groups in total. The molecule has 124 valence electrons. The lowest BCUT2D eigenvalue weighted by atomic mass is 10.1. The van der Waals surface area contributed by atoms with Gasteiger partial charge in [0.15, 0.2) is 0 Å². The van der Waals surface area contributed by atoms with E-state index in [0.29, 0.717) is 31.9 Å². The number of halogens is 2. The van der Waals surface area contributed by atoms with Gasteiger partial charge in [0, 0.05) is 22.9 Å². The second kappa shape index (κ2) is 8.21. The molecule has 0 spiro atoms. The van der Waals surface area contributed by atoms with Crippen LogP contribution >= 0.6 is 39.7 Å². The van der Waals surface area contributed by atoms with Crippen molar-refractivity contribution in [3.8, 4) is 0 Å². The second-order valence-electron chi connectivity index (χ2n) is 5.00. The summed E-state index contributed by atoms with van der Waals surface area (Å²) in [5, 5.41) is 2.55. The lowest BCUT2D eigenvalue weighted by molar-refractivity contribution is -0.0230. The highest BCUT2D eigenvalue weighted by Gasteiger charge is 2.27. The quantitative estimate of drug-likeness (QED) is 0.832. The lowest BCUT2D eigenvalue weighted by Crippen LogP contribution is -2.42. The number of thiazole rings is 1. The highest BCUT2D eigenvalue weighted by Crippen LogP contribution is 2.25. The Morgan fingerprint density at radius 3 is 3.04 bits per heavy atom. The van der Waals surface area contributed by atoms with Crippen molar-refractivity contribution in [1.82, 2.24) is 9.88 Å². The molecule has 1 aromatic carbocycles. The molecule has 1 aromatic heterocycles. The Morgan fingerprint density at radius 2 is 2.35 bits per heavy atom. The van der Waals surface area contributed by atoms with Crippen molar-refractivity contribution >= 4 is 45.6 Å². The van der Waals surface area contributed by atoms with Crippen LogP contribution in [0.3, 0.4) is 0 Å². The minimum absolute atomic E-state index is 0. The number of hydrogen-bond acceptors (Lipinski definition) is 5. The van der Waals surface area contributed by atoms with Gasteiger partial charge in [0.1, 0.15) is 16.8 Å². The molecule has 1 atom stereocenters. The van der Waals surface area contributed by atoms with Crippen LogP contribution in [0.2, 0.25) is 0 Å². The maximum atomic E-state index is 12.5. The average molecular weight is 419 g/mol. The Bertz CT molecular complexity index is 682. The normalized spacial score (nSPS) is 17.7. The third-order valence-corrected chi connectivity index (χ3v) is 4.88. The molecule has 1 aliphatic rings. The molecule has 3 rings (SSSR count). The molecular formula is C15H17BrClN3O2S. The fourth-order valence-electron chi connectivity index (χ4n) is 2.41. The molecule has 0 saturated carbocycles. The number of carbonyl (C=O) groups is 1. The summed E-state index contributed by atoms with van der Waals surface area (Å²) in [5.74, 6) is -0.0563. The van der Waals surface area contributed by atoms with Gasteiger partial charge in [-0.3, -0.25) is 4.79 Å². The smallest absolute Gasteiger partial charge is 0.273 e. The largest absolute Gasteiger partial charge is 0.370 e. The molecular weight excluding hydrogens is 402 g/mol. The van der Waals surface area contributed by atoms with Crippen LogP contribution in [0.25, 0.3) is 0 Å². The summed E-state index contributed by atoms with van der Waals surface area (Å²) in [6, 6.07) is 7.98. The molecule has 23 heavy (non-hydrogen) atoms. The summed E-state index contributed by atoms with van der Waals surface area (Å²) in [4.78, 5) is 18.6. The van der Waals surface area contributed by atoms with Crippen molar-refractivity contribution in [1.29, 1.82) is 0 Å². The maximum absolute atomic E-state index is 12.5. The summed E-state index contributed by atoms with van der Waals surface area (Å²) >= 11 is 4.88. The Balaban J connectivity index is 0.00000192. The average Bonchev–Trinajstić information content (AvgIpc) is 3.03. The first kappa shape index (κ1) is 18.4. The van der Waals surface area contributed by atoms with Gasteiger partial charge in [-0.25, -0.2) is 4.98 Å². The van der Waals surface area contributed by atoms with Crippen molar-refractivity contribution in [2.75, 3.05) is 19.7 Å². The van der Waals surface area contributed by atoms with Gasteiger partial charge in [-0.2, -0.15) is 0 Å². The third kappa shape index (κ3) is 4.30. The minimum atomic E-state index is -0.109. The molecule has 1 amide bonds. The van der Waals surface area contributed by atoms with Crippen LogP contribution in [0.4, 0.5) is 0 Å². The lowest BCUT2D eigenvalue weighted by Gasteiger charge is -2.32. The Hall–Kier alpha value is -0.990. The van der Waals surface area contributed by atoms with Gasteiger partial charge in [0.05, 0.1) is 13.2 Å². The molecule has 2 aromatic rings. The summed E-state index contributed by atoms with van der Waals surface area (Å²) in [6.45, 7) is 2.00. The Labute approximate surface area is 153 Å². The molecule has 0 bridgehead atoms. The van der Waals surface area contributed by atoms with E-state index < -0.39 is 0 Å². The van der Waals surface area contributed by atoms with E-state index in [1.807, 2.05) is 24.3 Å². The number of ether oxygens (including phenoxy) is 1. The minimum Gasteiger partial charge on any atom is -0.370 e. The number of amides is 1.